The van der Waals surface area contributed by atoms with Gasteiger partial charge in [0.2, 0.25) is 12.7 Å². The standard InChI is InChI=1S/C25H28N4O3S/c30-23(26-20-10-6-1-2-7-11-20)16-33-25-28-27-24(19-8-4-3-5-9-19)29(25)15-18-12-13-21-22(14-18)32-17-31-21/h3-5,8-9,12-14,20H,1-2,6-7,10-11,15-17H2,(H,26,30). The van der Waals surface area contributed by atoms with Crippen molar-refractivity contribution in [3.8, 4) is 22.9 Å². The van der Waals surface area contributed by atoms with Crippen LogP contribution in [0.2, 0.25) is 0 Å². The number of benzene rings is 2. The minimum atomic E-state index is 0.0609. The summed E-state index contributed by atoms with van der Waals surface area (Å²) < 4.78 is 13.0. The Kier molecular flexibility index (Phi) is 6.81. The molecule has 0 unspecified atom stereocenters. The number of rotatable bonds is 7. The first-order valence-electron chi connectivity index (χ1n) is 11.6. The monoisotopic (exact) mass is 464 g/mol. The second-order valence-electron chi connectivity index (χ2n) is 8.49. The van der Waals surface area contributed by atoms with Crippen LogP contribution in [0.3, 0.4) is 0 Å². The Morgan fingerprint density at radius 2 is 1.79 bits per heavy atom. The molecular weight excluding hydrogens is 436 g/mol. The van der Waals surface area contributed by atoms with Gasteiger partial charge in [0, 0.05) is 11.6 Å². The summed E-state index contributed by atoms with van der Waals surface area (Å²) >= 11 is 1.43. The SMILES string of the molecule is O=C(CSc1nnc(-c2ccccc2)n1Cc1ccc2c(c1)OCO2)NC1CCCCCC1. The highest BCUT2D eigenvalue weighted by Crippen LogP contribution is 2.33. The van der Waals surface area contributed by atoms with E-state index in [2.05, 4.69) is 20.1 Å². The van der Waals surface area contributed by atoms with E-state index in [0.29, 0.717) is 18.3 Å². The second-order valence-corrected chi connectivity index (χ2v) is 9.43. The van der Waals surface area contributed by atoms with Crippen LogP contribution in [0.25, 0.3) is 11.4 Å². The van der Waals surface area contributed by atoms with E-state index in [0.717, 1.165) is 46.4 Å². The first-order chi connectivity index (χ1) is 16.3. The van der Waals surface area contributed by atoms with E-state index in [1.807, 2.05) is 48.5 Å². The number of thioether (sulfide) groups is 1. The van der Waals surface area contributed by atoms with Gasteiger partial charge in [-0.3, -0.25) is 9.36 Å². The van der Waals surface area contributed by atoms with Crippen LogP contribution in [0.1, 0.15) is 44.1 Å². The van der Waals surface area contributed by atoms with E-state index in [-0.39, 0.29) is 12.7 Å². The van der Waals surface area contributed by atoms with Crippen molar-refractivity contribution < 1.29 is 14.3 Å². The summed E-state index contributed by atoms with van der Waals surface area (Å²) in [5.41, 5.74) is 2.04. The lowest BCUT2D eigenvalue weighted by molar-refractivity contribution is -0.119. The van der Waals surface area contributed by atoms with Gasteiger partial charge in [-0.15, -0.1) is 10.2 Å². The molecule has 33 heavy (non-hydrogen) atoms. The average Bonchev–Trinajstić information content (AvgIpc) is 3.38. The molecule has 3 aromatic rings. The maximum absolute atomic E-state index is 12.7. The molecule has 1 amide bonds. The molecule has 1 saturated carbocycles. The number of ether oxygens (including phenoxy) is 2. The van der Waals surface area contributed by atoms with Crippen molar-refractivity contribution >= 4 is 17.7 Å². The zero-order chi connectivity index (χ0) is 22.5. The summed E-state index contributed by atoms with van der Waals surface area (Å²) in [6, 6.07) is 16.2. The number of carbonyl (C=O) groups is 1. The smallest absolute Gasteiger partial charge is 0.231 e. The molecule has 1 N–H and O–H groups in total. The van der Waals surface area contributed by atoms with Gasteiger partial charge in [-0.05, 0) is 30.5 Å². The maximum Gasteiger partial charge on any atom is 0.231 e. The highest BCUT2D eigenvalue weighted by atomic mass is 32.2. The minimum Gasteiger partial charge on any atom is -0.454 e. The van der Waals surface area contributed by atoms with Crippen LogP contribution < -0.4 is 14.8 Å². The Balaban J connectivity index is 1.33. The number of hydrogen-bond donors (Lipinski definition) is 1. The van der Waals surface area contributed by atoms with E-state index >= 15 is 0 Å². The average molecular weight is 465 g/mol. The van der Waals surface area contributed by atoms with Crippen LogP contribution in [0.4, 0.5) is 0 Å². The fourth-order valence-electron chi connectivity index (χ4n) is 4.38. The lowest BCUT2D eigenvalue weighted by Gasteiger charge is -2.16. The molecule has 2 aliphatic rings. The third-order valence-corrected chi connectivity index (χ3v) is 7.05. The third kappa shape index (κ3) is 5.33. The van der Waals surface area contributed by atoms with Crippen molar-refractivity contribution in [2.24, 2.45) is 0 Å². The van der Waals surface area contributed by atoms with Crippen LogP contribution in [0.15, 0.2) is 53.7 Å². The molecule has 5 rings (SSSR count). The summed E-state index contributed by atoms with van der Waals surface area (Å²) in [4.78, 5) is 12.7. The summed E-state index contributed by atoms with van der Waals surface area (Å²) in [7, 11) is 0. The molecule has 0 atom stereocenters. The number of nitrogens with zero attached hydrogens (tertiary/aromatic N) is 3. The molecule has 1 aromatic heterocycles. The summed E-state index contributed by atoms with van der Waals surface area (Å²) in [6.07, 6.45) is 7.09. The van der Waals surface area contributed by atoms with E-state index in [9.17, 15) is 4.79 Å². The van der Waals surface area contributed by atoms with Crippen molar-refractivity contribution in [3.63, 3.8) is 0 Å². The summed E-state index contributed by atoms with van der Waals surface area (Å²) in [5, 5.41) is 12.8. The molecule has 172 valence electrons. The normalized spacial score (nSPS) is 15.9. The molecule has 8 heteroatoms. The molecule has 7 nitrogen and oxygen atoms in total. The van der Waals surface area contributed by atoms with Gasteiger partial charge in [-0.25, -0.2) is 0 Å². The number of fused-ring (bicyclic) bond motifs is 1. The van der Waals surface area contributed by atoms with E-state index in [4.69, 9.17) is 9.47 Å². The Bertz CT molecular complexity index is 1090. The predicted molar refractivity (Wildman–Crippen MR) is 127 cm³/mol. The van der Waals surface area contributed by atoms with Crippen molar-refractivity contribution in [1.82, 2.24) is 20.1 Å². The van der Waals surface area contributed by atoms with Crippen molar-refractivity contribution in [1.29, 1.82) is 0 Å². The Morgan fingerprint density at radius 3 is 2.61 bits per heavy atom. The maximum atomic E-state index is 12.7. The number of nitrogens with one attached hydrogen (secondary N) is 1. The quantitative estimate of drug-likeness (QED) is 0.405. The van der Waals surface area contributed by atoms with Crippen molar-refractivity contribution in [2.75, 3.05) is 12.5 Å². The van der Waals surface area contributed by atoms with Crippen molar-refractivity contribution in [2.45, 2.75) is 56.3 Å². The van der Waals surface area contributed by atoms with Crippen LogP contribution in [-0.2, 0) is 11.3 Å². The number of amides is 1. The fourth-order valence-corrected chi connectivity index (χ4v) is 5.13. The molecule has 2 aromatic carbocycles. The van der Waals surface area contributed by atoms with Crippen molar-refractivity contribution in [3.05, 3.63) is 54.1 Å². The van der Waals surface area contributed by atoms with Gasteiger partial charge in [0.15, 0.2) is 22.5 Å². The van der Waals surface area contributed by atoms with Gasteiger partial charge in [-0.1, -0.05) is 73.8 Å². The predicted octanol–water partition coefficient (Wildman–Crippen LogP) is 4.65. The second kappa shape index (κ2) is 10.3. The van der Waals surface area contributed by atoms with Crippen LogP contribution in [0.5, 0.6) is 11.5 Å². The molecule has 0 spiro atoms. The van der Waals surface area contributed by atoms with Gasteiger partial charge in [0.1, 0.15) is 0 Å². The van der Waals surface area contributed by atoms with Gasteiger partial charge >= 0.3 is 0 Å². The number of aromatic nitrogens is 3. The summed E-state index contributed by atoms with van der Waals surface area (Å²) in [6.45, 7) is 0.818. The largest absolute Gasteiger partial charge is 0.454 e. The molecule has 1 fully saturated rings. The molecule has 0 bridgehead atoms. The first kappa shape index (κ1) is 21.8. The van der Waals surface area contributed by atoms with Gasteiger partial charge in [0.25, 0.3) is 0 Å². The Morgan fingerprint density at radius 1 is 1.00 bits per heavy atom. The zero-order valence-electron chi connectivity index (χ0n) is 18.5. The summed E-state index contributed by atoms with van der Waals surface area (Å²) in [5.74, 6) is 2.67. The highest BCUT2D eigenvalue weighted by molar-refractivity contribution is 7.99. The zero-order valence-corrected chi connectivity index (χ0v) is 19.4. The third-order valence-electron chi connectivity index (χ3n) is 6.08. The number of carbonyl (C=O) groups excluding carboxylic acids is 1. The molecule has 1 aliphatic carbocycles. The first-order valence-corrected chi connectivity index (χ1v) is 12.5. The minimum absolute atomic E-state index is 0.0609. The number of hydrogen-bond acceptors (Lipinski definition) is 6. The van der Waals surface area contributed by atoms with E-state index in [1.54, 1.807) is 0 Å². The molecule has 0 saturated heterocycles. The van der Waals surface area contributed by atoms with Gasteiger partial charge in [0.05, 0.1) is 12.3 Å². The highest BCUT2D eigenvalue weighted by Gasteiger charge is 2.20. The molecule has 2 heterocycles. The fraction of sp³-hybridized carbons (Fsp3) is 0.400. The van der Waals surface area contributed by atoms with Gasteiger partial charge in [-0.2, -0.15) is 0 Å². The molecule has 1 aliphatic heterocycles. The van der Waals surface area contributed by atoms with Crippen LogP contribution >= 0.6 is 11.8 Å². The molecular formula is C25H28N4O3S. The molecule has 0 radical (unpaired) electrons. The van der Waals surface area contributed by atoms with Crippen LogP contribution in [0, 0.1) is 0 Å². The van der Waals surface area contributed by atoms with E-state index < -0.39 is 0 Å². The lowest BCUT2D eigenvalue weighted by Crippen LogP contribution is -2.35. The Hall–Kier alpha value is -3.00. The van der Waals surface area contributed by atoms with E-state index in [1.165, 1.54) is 37.4 Å². The topological polar surface area (TPSA) is 78.3 Å². The lowest BCUT2D eigenvalue weighted by atomic mass is 10.1. The van der Waals surface area contributed by atoms with Crippen LogP contribution in [-0.4, -0.2) is 39.3 Å². The Labute approximate surface area is 197 Å². The van der Waals surface area contributed by atoms with Gasteiger partial charge < -0.3 is 14.8 Å².